The Labute approximate surface area is 154 Å². The molecule has 152 valence electrons. The number of aliphatic carboxylic acids is 2. The van der Waals surface area contributed by atoms with E-state index in [4.69, 9.17) is 10.2 Å². The van der Waals surface area contributed by atoms with Crippen molar-refractivity contribution in [1.82, 2.24) is 0 Å². The van der Waals surface area contributed by atoms with E-state index in [1.54, 1.807) is 27.7 Å². The lowest BCUT2D eigenvalue weighted by Gasteiger charge is -2.20. The number of carboxylic acids is 2. The van der Waals surface area contributed by atoms with Crippen LogP contribution in [-0.2, 0) is 28.7 Å². The number of methoxy groups -OCH3 is 2. The molecule has 0 aromatic heterocycles. The van der Waals surface area contributed by atoms with E-state index < -0.39 is 22.8 Å². The predicted octanol–water partition coefficient (Wildman–Crippen LogP) is 2.88. The second kappa shape index (κ2) is 12.3. The highest BCUT2D eigenvalue weighted by Crippen LogP contribution is 2.25. The first-order chi connectivity index (χ1) is 11.8. The SMILES string of the molecule is CC(C)(CCCC(=O)O)C(=O)O.COC(=O)CCCC(C)(C)C(=O)OC. The number of ether oxygens (including phenoxy) is 2. The van der Waals surface area contributed by atoms with Gasteiger partial charge in [0.1, 0.15) is 0 Å². The van der Waals surface area contributed by atoms with E-state index in [1.165, 1.54) is 14.2 Å². The minimum Gasteiger partial charge on any atom is -0.481 e. The summed E-state index contributed by atoms with van der Waals surface area (Å²) >= 11 is 0. The molecule has 8 nitrogen and oxygen atoms in total. The summed E-state index contributed by atoms with van der Waals surface area (Å²) in [6.45, 7) is 6.79. The smallest absolute Gasteiger partial charge is 0.311 e. The van der Waals surface area contributed by atoms with Crippen LogP contribution >= 0.6 is 0 Å². The number of carbonyl (C=O) groups excluding carboxylic acids is 2. The average Bonchev–Trinajstić information content (AvgIpc) is 2.53. The van der Waals surface area contributed by atoms with Crippen LogP contribution in [0.3, 0.4) is 0 Å². The minimum absolute atomic E-state index is 0.0384. The first-order valence-electron chi connectivity index (χ1n) is 8.40. The van der Waals surface area contributed by atoms with Crippen LogP contribution in [0, 0.1) is 10.8 Å². The quantitative estimate of drug-likeness (QED) is 0.557. The van der Waals surface area contributed by atoms with Crippen molar-refractivity contribution in [3.05, 3.63) is 0 Å². The van der Waals surface area contributed by atoms with E-state index in [1.807, 2.05) is 0 Å². The van der Waals surface area contributed by atoms with Crippen molar-refractivity contribution in [2.24, 2.45) is 10.8 Å². The van der Waals surface area contributed by atoms with Gasteiger partial charge in [-0.2, -0.15) is 0 Å². The minimum atomic E-state index is -0.882. The van der Waals surface area contributed by atoms with Gasteiger partial charge in [-0.3, -0.25) is 19.2 Å². The lowest BCUT2D eigenvalue weighted by atomic mass is 9.87. The van der Waals surface area contributed by atoms with E-state index in [0.29, 0.717) is 32.1 Å². The molecule has 0 amide bonds. The van der Waals surface area contributed by atoms with Crippen molar-refractivity contribution < 1.29 is 38.9 Å². The van der Waals surface area contributed by atoms with Gasteiger partial charge in [0.05, 0.1) is 25.0 Å². The van der Waals surface area contributed by atoms with Gasteiger partial charge < -0.3 is 19.7 Å². The van der Waals surface area contributed by atoms with Crippen LogP contribution in [0.15, 0.2) is 0 Å². The Kier molecular flexibility index (Phi) is 12.3. The van der Waals surface area contributed by atoms with E-state index in [-0.39, 0.29) is 18.4 Å². The molecule has 26 heavy (non-hydrogen) atoms. The number of rotatable bonds is 10. The fourth-order valence-corrected chi connectivity index (χ4v) is 1.94. The van der Waals surface area contributed by atoms with Gasteiger partial charge in [0.15, 0.2) is 0 Å². The molecule has 0 aliphatic rings. The first-order valence-corrected chi connectivity index (χ1v) is 8.40. The molecular weight excluding hydrogens is 344 g/mol. The van der Waals surface area contributed by atoms with Crippen molar-refractivity contribution in [3.63, 3.8) is 0 Å². The van der Waals surface area contributed by atoms with Crippen molar-refractivity contribution in [2.45, 2.75) is 66.2 Å². The fourth-order valence-electron chi connectivity index (χ4n) is 1.94. The molecule has 0 saturated heterocycles. The molecule has 0 heterocycles. The van der Waals surface area contributed by atoms with Gasteiger partial charge in [0.25, 0.3) is 0 Å². The maximum Gasteiger partial charge on any atom is 0.311 e. The first kappa shape index (κ1) is 26.1. The molecule has 0 radical (unpaired) electrons. The molecule has 8 heteroatoms. The van der Waals surface area contributed by atoms with Crippen LogP contribution in [0.1, 0.15) is 66.2 Å². The molecule has 0 aliphatic carbocycles. The summed E-state index contributed by atoms with van der Waals surface area (Å²) in [6, 6.07) is 0. The lowest BCUT2D eigenvalue weighted by molar-refractivity contribution is -0.151. The molecule has 0 aromatic rings. The molecular formula is C18H32O8. The largest absolute Gasteiger partial charge is 0.481 e. The van der Waals surface area contributed by atoms with Crippen LogP contribution in [0.25, 0.3) is 0 Å². The standard InChI is InChI=1S/C10H18O4.C8H14O4/c1-10(2,9(12)14-4)7-5-6-8(11)13-3;1-8(2,7(11)12)5-3-4-6(9)10/h5-7H2,1-4H3;3-5H2,1-2H3,(H,9,10)(H,11,12). The van der Waals surface area contributed by atoms with Crippen LogP contribution < -0.4 is 0 Å². The Hall–Kier alpha value is -2.12. The lowest BCUT2D eigenvalue weighted by Crippen LogP contribution is -2.25. The number of carbonyl (C=O) groups is 4. The molecule has 0 spiro atoms. The molecule has 0 unspecified atom stereocenters. The van der Waals surface area contributed by atoms with E-state index >= 15 is 0 Å². The van der Waals surface area contributed by atoms with E-state index in [9.17, 15) is 19.2 Å². The fraction of sp³-hybridized carbons (Fsp3) is 0.778. The molecule has 0 aromatic carbocycles. The third-order valence-electron chi connectivity index (χ3n) is 3.92. The molecule has 0 bridgehead atoms. The van der Waals surface area contributed by atoms with Gasteiger partial charge in [-0.1, -0.05) is 0 Å². The Balaban J connectivity index is 0. The highest BCUT2D eigenvalue weighted by molar-refractivity contribution is 5.76. The summed E-state index contributed by atoms with van der Waals surface area (Å²) in [5, 5.41) is 17.0. The molecule has 0 rings (SSSR count). The van der Waals surface area contributed by atoms with Gasteiger partial charge >= 0.3 is 23.9 Å². The molecule has 0 fully saturated rings. The van der Waals surface area contributed by atoms with Crippen molar-refractivity contribution in [3.8, 4) is 0 Å². The predicted molar refractivity (Wildman–Crippen MR) is 94.6 cm³/mol. The van der Waals surface area contributed by atoms with Gasteiger partial charge in [-0.05, 0) is 53.4 Å². The van der Waals surface area contributed by atoms with E-state index in [2.05, 4.69) is 9.47 Å². The summed E-state index contributed by atoms with van der Waals surface area (Å²) in [6.07, 6.45) is 2.44. The number of hydrogen-bond acceptors (Lipinski definition) is 6. The zero-order valence-electron chi connectivity index (χ0n) is 16.6. The van der Waals surface area contributed by atoms with Gasteiger partial charge in [-0.15, -0.1) is 0 Å². The monoisotopic (exact) mass is 376 g/mol. The average molecular weight is 376 g/mol. The maximum atomic E-state index is 11.2. The molecule has 0 atom stereocenters. The highest BCUT2D eigenvalue weighted by Gasteiger charge is 2.28. The normalized spacial score (nSPS) is 11.0. The summed E-state index contributed by atoms with van der Waals surface area (Å²) in [5.41, 5.74) is -1.34. The zero-order valence-corrected chi connectivity index (χ0v) is 16.6. The molecule has 2 N–H and O–H groups in total. The van der Waals surface area contributed by atoms with E-state index in [0.717, 1.165) is 0 Å². The van der Waals surface area contributed by atoms with Crippen molar-refractivity contribution in [2.75, 3.05) is 14.2 Å². The van der Waals surface area contributed by atoms with Crippen LogP contribution in [0.4, 0.5) is 0 Å². The third-order valence-corrected chi connectivity index (χ3v) is 3.92. The molecule has 0 aliphatic heterocycles. The number of esters is 2. The Bertz CT molecular complexity index is 480. The second-order valence-corrected chi connectivity index (χ2v) is 7.24. The summed E-state index contributed by atoms with van der Waals surface area (Å²) in [5.74, 6) is -2.25. The summed E-state index contributed by atoms with van der Waals surface area (Å²) in [4.78, 5) is 42.7. The van der Waals surface area contributed by atoms with Gasteiger partial charge in [0.2, 0.25) is 0 Å². The Morgan fingerprint density at radius 2 is 1.23 bits per heavy atom. The second-order valence-electron chi connectivity index (χ2n) is 7.24. The number of hydrogen-bond donors (Lipinski definition) is 2. The highest BCUT2D eigenvalue weighted by atomic mass is 16.5. The van der Waals surface area contributed by atoms with Gasteiger partial charge in [0, 0.05) is 12.8 Å². The zero-order chi connectivity index (χ0) is 21.0. The van der Waals surface area contributed by atoms with Crippen LogP contribution in [-0.4, -0.2) is 48.3 Å². The topological polar surface area (TPSA) is 127 Å². The summed E-state index contributed by atoms with van der Waals surface area (Å²) in [7, 11) is 2.72. The van der Waals surface area contributed by atoms with Crippen molar-refractivity contribution in [1.29, 1.82) is 0 Å². The van der Waals surface area contributed by atoms with Gasteiger partial charge in [-0.25, -0.2) is 0 Å². The summed E-state index contributed by atoms with van der Waals surface area (Å²) < 4.78 is 9.14. The Morgan fingerprint density at radius 3 is 1.62 bits per heavy atom. The van der Waals surface area contributed by atoms with Crippen LogP contribution in [0.5, 0.6) is 0 Å². The maximum absolute atomic E-state index is 11.2. The number of carboxylic acid groups (broad SMARTS) is 2. The van der Waals surface area contributed by atoms with Crippen LogP contribution in [0.2, 0.25) is 0 Å². The third kappa shape index (κ3) is 12.3. The van der Waals surface area contributed by atoms with Crippen molar-refractivity contribution >= 4 is 23.9 Å². The molecule has 0 saturated carbocycles. The Morgan fingerprint density at radius 1 is 0.769 bits per heavy atom.